The van der Waals surface area contributed by atoms with Gasteiger partial charge in [-0.2, -0.15) is 0 Å². The van der Waals surface area contributed by atoms with Crippen LogP contribution in [0.1, 0.15) is 43.6 Å². The first-order chi connectivity index (χ1) is 10.7. The Hall–Kier alpha value is -1.14. The molecular weight excluding hydrogens is 314 g/mol. The van der Waals surface area contributed by atoms with Gasteiger partial charge in [-0.15, -0.1) is 11.3 Å². The van der Waals surface area contributed by atoms with E-state index in [2.05, 4.69) is 29.1 Å². The molecule has 0 saturated carbocycles. The maximum absolute atomic E-state index is 12.0. The van der Waals surface area contributed by atoms with Crippen LogP contribution in [0.15, 0.2) is 11.4 Å². The van der Waals surface area contributed by atoms with Gasteiger partial charge in [0.05, 0.1) is 5.75 Å². The van der Waals surface area contributed by atoms with Gasteiger partial charge in [0.25, 0.3) is 0 Å². The predicted molar refractivity (Wildman–Crippen MR) is 92.7 cm³/mol. The van der Waals surface area contributed by atoms with Gasteiger partial charge in [-0.3, -0.25) is 4.79 Å². The van der Waals surface area contributed by atoms with Crippen molar-refractivity contribution in [3.05, 3.63) is 16.8 Å². The van der Waals surface area contributed by atoms with Gasteiger partial charge in [-0.25, -0.2) is 9.97 Å². The maximum Gasteiger partial charge on any atom is 0.230 e. The Labute approximate surface area is 139 Å². The second-order valence-electron chi connectivity index (χ2n) is 5.76. The number of carbonyl (C=O) groups excluding carboxylic acids is 1. The van der Waals surface area contributed by atoms with E-state index < -0.39 is 0 Å². The van der Waals surface area contributed by atoms with Crippen molar-refractivity contribution < 1.29 is 4.79 Å². The Morgan fingerprint density at radius 1 is 1.45 bits per heavy atom. The normalized spacial score (nSPS) is 15.0. The zero-order chi connectivity index (χ0) is 15.5. The Morgan fingerprint density at radius 3 is 3.14 bits per heavy atom. The molecule has 118 valence electrons. The van der Waals surface area contributed by atoms with Crippen molar-refractivity contribution in [1.82, 2.24) is 15.3 Å². The fraction of sp³-hybridized carbons (Fsp3) is 0.562. The molecule has 2 aromatic heterocycles. The van der Waals surface area contributed by atoms with Gasteiger partial charge in [-0.1, -0.05) is 25.1 Å². The van der Waals surface area contributed by atoms with E-state index in [0.717, 1.165) is 35.5 Å². The van der Waals surface area contributed by atoms with Crippen LogP contribution < -0.4 is 5.32 Å². The van der Waals surface area contributed by atoms with E-state index in [1.54, 1.807) is 17.7 Å². The third kappa shape index (κ3) is 3.27. The Bertz CT molecular complexity index is 683. The molecule has 0 aliphatic heterocycles. The lowest BCUT2D eigenvalue weighted by Gasteiger charge is -2.12. The Balaban J connectivity index is 1.70. The number of hydrogen-bond acceptors (Lipinski definition) is 5. The molecule has 1 amide bonds. The van der Waals surface area contributed by atoms with E-state index in [1.807, 2.05) is 0 Å². The van der Waals surface area contributed by atoms with E-state index in [1.165, 1.54) is 34.0 Å². The molecule has 0 aromatic carbocycles. The summed E-state index contributed by atoms with van der Waals surface area (Å²) in [6.45, 7) is 4.19. The summed E-state index contributed by atoms with van der Waals surface area (Å²) in [5.74, 6) is 0.509. The Kier molecular flexibility index (Phi) is 4.98. The lowest BCUT2D eigenvalue weighted by Crippen LogP contribution is -2.33. The molecule has 0 bridgehead atoms. The van der Waals surface area contributed by atoms with E-state index in [9.17, 15) is 4.79 Å². The molecule has 0 fully saturated rings. The molecule has 0 saturated heterocycles. The first kappa shape index (κ1) is 15.7. The molecule has 22 heavy (non-hydrogen) atoms. The molecule has 0 radical (unpaired) electrons. The van der Waals surface area contributed by atoms with Crippen LogP contribution in [0.4, 0.5) is 0 Å². The number of aromatic nitrogens is 2. The van der Waals surface area contributed by atoms with Gasteiger partial charge in [0.1, 0.15) is 16.2 Å². The van der Waals surface area contributed by atoms with Crippen molar-refractivity contribution in [2.24, 2.45) is 0 Å². The van der Waals surface area contributed by atoms with Crippen molar-refractivity contribution in [3.8, 4) is 0 Å². The minimum Gasteiger partial charge on any atom is -0.353 e. The summed E-state index contributed by atoms with van der Waals surface area (Å²) in [5, 5.41) is 5.20. The van der Waals surface area contributed by atoms with Gasteiger partial charge in [0, 0.05) is 16.3 Å². The number of nitrogens with zero attached hydrogens (tertiary/aromatic N) is 2. The Morgan fingerprint density at radius 2 is 2.32 bits per heavy atom. The summed E-state index contributed by atoms with van der Waals surface area (Å²) in [6.07, 6.45) is 7.24. The summed E-state index contributed by atoms with van der Waals surface area (Å²) in [7, 11) is 0. The van der Waals surface area contributed by atoms with E-state index in [0.29, 0.717) is 5.75 Å². The molecule has 0 spiro atoms. The summed E-state index contributed by atoms with van der Waals surface area (Å²) in [5.41, 5.74) is 1.42. The first-order valence-electron chi connectivity index (χ1n) is 7.86. The van der Waals surface area contributed by atoms with Crippen LogP contribution in [0.25, 0.3) is 10.2 Å². The number of carbonyl (C=O) groups is 1. The number of nitrogens with one attached hydrogen (secondary N) is 1. The molecular formula is C16H21N3OS2. The smallest absolute Gasteiger partial charge is 0.230 e. The summed E-state index contributed by atoms with van der Waals surface area (Å²) in [4.78, 5) is 23.4. The third-order valence-electron chi connectivity index (χ3n) is 3.94. The summed E-state index contributed by atoms with van der Waals surface area (Å²) in [6, 6.07) is 0.244. The maximum atomic E-state index is 12.0. The highest BCUT2D eigenvalue weighted by atomic mass is 32.2. The molecule has 2 aromatic rings. The fourth-order valence-electron chi connectivity index (χ4n) is 2.96. The first-order valence-corrected chi connectivity index (χ1v) is 9.66. The highest BCUT2D eigenvalue weighted by Gasteiger charge is 2.21. The number of rotatable bonds is 6. The second kappa shape index (κ2) is 6.96. The number of amides is 1. The molecule has 1 atom stereocenters. The average molecular weight is 335 g/mol. The number of thiophene rings is 1. The monoisotopic (exact) mass is 335 g/mol. The van der Waals surface area contributed by atoms with Crippen LogP contribution in [0.2, 0.25) is 0 Å². The van der Waals surface area contributed by atoms with E-state index in [-0.39, 0.29) is 11.9 Å². The van der Waals surface area contributed by atoms with Crippen molar-refractivity contribution >= 4 is 39.2 Å². The van der Waals surface area contributed by atoms with Crippen LogP contribution in [0.5, 0.6) is 0 Å². The number of thioether (sulfide) groups is 1. The van der Waals surface area contributed by atoms with Gasteiger partial charge in [-0.05, 0) is 38.2 Å². The minimum absolute atomic E-state index is 0.0876. The second-order valence-corrected chi connectivity index (χ2v) is 7.81. The standard InChI is InChI=1S/C16H21N3OS2/c1-3-5-10(2)19-13(20)8-21-15-14-11-6-4-7-12(11)22-16(14)18-9-17-15/h9-10H,3-8H2,1-2H3,(H,19,20)/t10-/m1/s1. The molecule has 2 heterocycles. The number of hydrogen-bond donors (Lipinski definition) is 1. The lowest BCUT2D eigenvalue weighted by molar-refractivity contribution is -0.119. The molecule has 4 nitrogen and oxygen atoms in total. The zero-order valence-electron chi connectivity index (χ0n) is 13.0. The van der Waals surface area contributed by atoms with E-state index in [4.69, 9.17) is 0 Å². The molecule has 3 rings (SSSR count). The molecule has 1 N–H and O–H groups in total. The number of aryl methyl sites for hydroxylation is 2. The van der Waals surface area contributed by atoms with Gasteiger partial charge in [0.15, 0.2) is 0 Å². The number of fused-ring (bicyclic) bond motifs is 3. The SMILES string of the molecule is CCC[C@@H](C)NC(=O)CSc1ncnc2sc3c(c12)CCC3. The average Bonchev–Trinajstić information content (AvgIpc) is 3.05. The van der Waals surface area contributed by atoms with Crippen molar-refractivity contribution in [3.63, 3.8) is 0 Å². The van der Waals surface area contributed by atoms with E-state index >= 15 is 0 Å². The van der Waals surface area contributed by atoms with Crippen LogP contribution in [0.3, 0.4) is 0 Å². The molecule has 0 unspecified atom stereocenters. The lowest BCUT2D eigenvalue weighted by atomic mass is 10.2. The van der Waals surface area contributed by atoms with Gasteiger partial charge < -0.3 is 5.32 Å². The zero-order valence-corrected chi connectivity index (χ0v) is 14.6. The highest BCUT2D eigenvalue weighted by Crippen LogP contribution is 2.39. The third-order valence-corrected chi connectivity index (χ3v) is 6.12. The van der Waals surface area contributed by atoms with Gasteiger partial charge in [0.2, 0.25) is 5.91 Å². The molecule has 1 aliphatic carbocycles. The quantitative estimate of drug-likeness (QED) is 0.647. The van der Waals surface area contributed by atoms with Crippen LogP contribution in [0, 0.1) is 0 Å². The van der Waals surface area contributed by atoms with Crippen molar-refractivity contribution in [2.75, 3.05) is 5.75 Å². The fourth-order valence-corrected chi connectivity index (χ4v) is 5.10. The predicted octanol–water partition coefficient (Wildman–Crippen LogP) is 3.58. The molecule has 1 aliphatic rings. The van der Waals surface area contributed by atoms with Crippen molar-refractivity contribution in [2.45, 2.75) is 57.0 Å². The van der Waals surface area contributed by atoms with Gasteiger partial charge >= 0.3 is 0 Å². The molecule has 6 heteroatoms. The van der Waals surface area contributed by atoms with Crippen molar-refractivity contribution in [1.29, 1.82) is 0 Å². The van der Waals surface area contributed by atoms with Crippen LogP contribution >= 0.6 is 23.1 Å². The van der Waals surface area contributed by atoms with Crippen LogP contribution in [-0.2, 0) is 17.6 Å². The van der Waals surface area contributed by atoms with Crippen LogP contribution in [-0.4, -0.2) is 27.7 Å². The summed E-state index contributed by atoms with van der Waals surface area (Å²) >= 11 is 3.32. The largest absolute Gasteiger partial charge is 0.353 e. The summed E-state index contributed by atoms with van der Waals surface area (Å²) < 4.78 is 0. The minimum atomic E-state index is 0.0876. The topological polar surface area (TPSA) is 54.9 Å². The highest BCUT2D eigenvalue weighted by molar-refractivity contribution is 8.00.